The minimum atomic E-state index is -0.102. The molecule has 5 nitrogen and oxygen atoms in total. The molecule has 7 heteroatoms. The summed E-state index contributed by atoms with van der Waals surface area (Å²) in [6.07, 6.45) is 0. The molecule has 0 saturated heterocycles. The van der Waals surface area contributed by atoms with Gasteiger partial charge in [0.05, 0.1) is 10.5 Å². The Bertz CT molecular complexity index is 902. The molecule has 1 aromatic heterocycles. The Morgan fingerprint density at radius 1 is 1.22 bits per heavy atom. The summed E-state index contributed by atoms with van der Waals surface area (Å²) in [6, 6.07) is 13.0. The predicted octanol–water partition coefficient (Wildman–Crippen LogP) is 5.32. The van der Waals surface area contributed by atoms with Crippen LogP contribution in [0.1, 0.15) is 5.56 Å². The second-order valence-corrected chi connectivity index (χ2v) is 5.77. The van der Waals surface area contributed by atoms with Crippen LogP contribution in [0, 0.1) is 6.92 Å². The summed E-state index contributed by atoms with van der Waals surface area (Å²) in [6.45, 7) is 2.01. The van der Waals surface area contributed by atoms with E-state index in [1.165, 1.54) is 0 Å². The highest BCUT2D eigenvalue weighted by Crippen LogP contribution is 2.38. The number of aryl methyl sites for hydroxylation is 1. The van der Waals surface area contributed by atoms with E-state index < -0.39 is 0 Å². The zero-order valence-corrected chi connectivity index (χ0v) is 13.7. The first-order valence-electron chi connectivity index (χ1n) is 6.83. The third-order valence-electron chi connectivity index (χ3n) is 3.28. The number of aromatic nitrogens is 1. The summed E-state index contributed by atoms with van der Waals surface area (Å²) in [7, 11) is 0. The highest BCUT2D eigenvalue weighted by Gasteiger charge is 2.12. The largest absolute Gasteiger partial charge is 0.493 e. The number of hydrogen-bond acceptors (Lipinski definition) is 3. The summed E-state index contributed by atoms with van der Waals surface area (Å²) < 4.78 is 0. The van der Waals surface area contributed by atoms with Gasteiger partial charge >= 0.3 is 0 Å². The summed E-state index contributed by atoms with van der Waals surface area (Å²) in [5, 5.41) is 22.3. The summed E-state index contributed by atoms with van der Waals surface area (Å²) in [5.41, 5.74) is 2.89. The second-order valence-electron chi connectivity index (χ2n) is 4.98. The smallest absolute Gasteiger partial charge is 0.218 e. The monoisotopic (exact) mass is 344 g/mol. The van der Waals surface area contributed by atoms with E-state index in [2.05, 4.69) is 20.5 Å². The Labute approximate surface area is 143 Å². The molecule has 0 saturated carbocycles. The molecule has 0 fully saturated rings. The first-order chi connectivity index (χ1) is 11.0. The van der Waals surface area contributed by atoms with E-state index >= 15 is 0 Å². The zero-order valence-electron chi connectivity index (χ0n) is 12.2. The van der Waals surface area contributed by atoms with Gasteiger partial charge in [-0.25, -0.2) is 0 Å². The van der Waals surface area contributed by atoms with Gasteiger partial charge in [-0.2, -0.15) is 0 Å². The molecular weight excluding hydrogens is 332 g/mol. The number of rotatable bonds is 2. The Hall–Kier alpha value is -2.44. The summed E-state index contributed by atoms with van der Waals surface area (Å²) in [5.74, 6) is -0.102. The van der Waals surface area contributed by atoms with Crippen LogP contribution >= 0.6 is 23.8 Å². The van der Waals surface area contributed by atoms with Crippen LogP contribution in [0.2, 0.25) is 5.02 Å². The highest BCUT2D eigenvalue weighted by atomic mass is 35.5. The first kappa shape index (κ1) is 15.5. The fraction of sp³-hybridized carbons (Fsp3) is 0.0625. The molecule has 0 amide bonds. The quantitative estimate of drug-likeness (QED) is 0.435. The summed E-state index contributed by atoms with van der Waals surface area (Å²) >= 11 is 11.2. The van der Waals surface area contributed by atoms with Gasteiger partial charge in [-0.15, -0.1) is 10.2 Å². The van der Waals surface area contributed by atoms with E-state index in [0.717, 1.165) is 11.3 Å². The third kappa shape index (κ3) is 3.33. The van der Waals surface area contributed by atoms with Crippen molar-refractivity contribution in [1.29, 1.82) is 0 Å². The maximum atomic E-state index is 9.96. The van der Waals surface area contributed by atoms with Crippen LogP contribution in [0.15, 0.2) is 52.7 Å². The number of hydrogen-bond donors (Lipinski definition) is 3. The van der Waals surface area contributed by atoms with Crippen molar-refractivity contribution in [2.75, 3.05) is 5.32 Å². The number of H-pyrrole nitrogens is 1. The van der Waals surface area contributed by atoms with Crippen LogP contribution in [-0.4, -0.2) is 15.2 Å². The average molecular weight is 345 g/mol. The van der Waals surface area contributed by atoms with Crippen LogP contribution in [0.3, 0.4) is 0 Å². The Morgan fingerprint density at radius 2 is 1.96 bits per heavy atom. The molecular formula is C16H13ClN4OS. The third-order valence-corrected chi connectivity index (χ3v) is 3.78. The van der Waals surface area contributed by atoms with Gasteiger partial charge in [0.25, 0.3) is 0 Å². The number of aromatic amines is 1. The number of anilines is 1. The van der Waals surface area contributed by atoms with Crippen molar-refractivity contribution in [3.8, 4) is 5.88 Å². The topological polar surface area (TPSA) is 72.8 Å². The lowest BCUT2D eigenvalue weighted by Gasteiger charge is -2.03. The van der Waals surface area contributed by atoms with Gasteiger partial charge < -0.3 is 15.4 Å². The molecule has 2 aromatic carbocycles. The molecule has 0 aliphatic heterocycles. The van der Waals surface area contributed by atoms with Crippen molar-refractivity contribution < 1.29 is 5.11 Å². The van der Waals surface area contributed by atoms with Crippen molar-refractivity contribution in [2.24, 2.45) is 10.2 Å². The number of thiocarbonyl (C=S) groups is 1. The molecule has 3 aromatic rings. The maximum absolute atomic E-state index is 9.96. The van der Waals surface area contributed by atoms with E-state index in [-0.39, 0.29) is 11.0 Å². The fourth-order valence-electron chi connectivity index (χ4n) is 2.14. The van der Waals surface area contributed by atoms with Crippen LogP contribution in [-0.2, 0) is 0 Å². The number of fused-ring (bicyclic) bond motifs is 1. The van der Waals surface area contributed by atoms with Gasteiger partial charge in [0.2, 0.25) is 11.0 Å². The Morgan fingerprint density at radius 3 is 2.70 bits per heavy atom. The van der Waals surface area contributed by atoms with Crippen molar-refractivity contribution in [1.82, 2.24) is 4.98 Å². The van der Waals surface area contributed by atoms with E-state index in [4.69, 9.17) is 23.8 Å². The molecule has 116 valence electrons. The Balaban J connectivity index is 1.82. The number of benzene rings is 2. The Kier molecular flexibility index (Phi) is 4.27. The van der Waals surface area contributed by atoms with Gasteiger partial charge in [0, 0.05) is 11.1 Å². The molecule has 23 heavy (non-hydrogen) atoms. The van der Waals surface area contributed by atoms with Gasteiger partial charge in [-0.1, -0.05) is 41.4 Å². The molecule has 0 unspecified atom stereocenters. The summed E-state index contributed by atoms with van der Waals surface area (Å²) in [4.78, 5) is 2.78. The van der Waals surface area contributed by atoms with E-state index in [9.17, 15) is 5.11 Å². The number of aromatic hydroxyl groups is 1. The zero-order chi connectivity index (χ0) is 16.4. The maximum Gasteiger partial charge on any atom is 0.218 e. The van der Waals surface area contributed by atoms with E-state index in [0.29, 0.717) is 21.6 Å². The molecule has 3 N–H and O–H groups in total. The first-order valence-corrected chi connectivity index (χ1v) is 7.62. The number of nitrogens with zero attached hydrogens (tertiary/aromatic N) is 2. The number of halogens is 1. The number of nitrogens with one attached hydrogen (secondary N) is 2. The number of para-hydroxylation sites is 1. The standard InChI is InChI=1S/C16H13ClN4OS/c1-9-5-7-10(8-6-9)18-16(23)21-20-14-11-3-2-4-12(17)13(11)19-15(14)22/h2-8,19,22H,1H3,(H,18,23). The van der Waals surface area contributed by atoms with Gasteiger partial charge in [-0.3, -0.25) is 0 Å². The van der Waals surface area contributed by atoms with Crippen LogP contribution in [0.4, 0.5) is 11.4 Å². The van der Waals surface area contributed by atoms with Crippen LogP contribution < -0.4 is 5.32 Å². The number of azo groups is 1. The van der Waals surface area contributed by atoms with E-state index in [1.54, 1.807) is 18.2 Å². The normalized spacial score (nSPS) is 11.2. The minimum Gasteiger partial charge on any atom is -0.493 e. The highest BCUT2D eigenvalue weighted by molar-refractivity contribution is 7.80. The van der Waals surface area contributed by atoms with Gasteiger partial charge in [-0.05, 0) is 37.3 Å². The van der Waals surface area contributed by atoms with Gasteiger partial charge in [0.1, 0.15) is 0 Å². The lowest BCUT2D eigenvalue weighted by molar-refractivity contribution is 0.459. The SMILES string of the molecule is Cc1ccc(NC(=S)N=Nc2c(O)[nH]c3c(Cl)cccc23)cc1. The minimum absolute atomic E-state index is 0.102. The predicted molar refractivity (Wildman–Crippen MR) is 96.9 cm³/mol. The molecule has 0 aliphatic rings. The molecule has 1 heterocycles. The molecule has 3 rings (SSSR count). The second kappa shape index (κ2) is 6.36. The molecule has 0 bridgehead atoms. The fourth-order valence-corrected chi connectivity index (χ4v) is 2.52. The average Bonchev–Trinajstić information content (AvgIpc) is 2.85. The van der Waals surface area contributed by atoms with E-state index in [1.807, 2.05) is 31.2 Å². The van der Waals surface area contributed by atoms with Crippen molar-refractivity contribution in [3.05, 3.63) is 53.1 Å². The molecule has 0 spiro atoms. The molecule has 0 atom stereocenters. The molecule has 0 aliphatic carbocycles. The van der Waals surface area contributed by atoms with Crippen molar-refractivity contribution >= 4 is 51.2 Å². The van der Waals surface area contributed by atoms with Crippen molar-refractivity contribution in [2.45, 2.75) is 6.92 Å². The van der Waals surface area contributed by atoms with Gasteiger partial charge in [0.15, 0.2) is 5.69 Å². The van der Waals surface area contributed by atoms with Crippen LogP contribution in [0.25, 0.3) is 10.9 Å². The van der Waals surface area contributed by atoms with Crippen LogP contribution in [0.5, 0.6) is 5.88 Å². The van der Waals surface area contributed by atoms with Crippen molar-refractivity contribution in [3.63, 3.8) is 0 Å². The molecule has 0 radical (unpaired) electrons. The lowest BCUT2D eigenvalue weighted by atomic mass is 10.2. The lowest BCUT2D eigenvalue weighted by Crippen LogP contribution is -2.04.